The number of amides is 1. The van der Waals surface area contributed by atoms with Crippen LogP contribution in [-0.2, 0) is 11.3 Å². The second kappa shape index (κ2) is 7.49. The van der Waals surface area contributed by atoms with Crippen LogP contribution in [0.15, 0.2) is 53.5 Å². The van der Waals surface area contributed by atoms with Crippen LogP contribution >= 0.6 is 0 Å². The molecule has 2 atom stereocenters. The Morgan fingerprint density at radius 3 is 2.58 bits per heavy atom. The number of nitrogens with two attached hydrogens (primary N) is 1. The SMILES string of the molecule is NC[C@@H]1CN(C(=O)Cn2cc([N+](=O)[O-])ccc2=O)C[C@H]1c1ccccc1. The third-order valence-corrected chi connectivity index (χ3v) is 4.81. The van der Waals surface area contributed by atoms with E-state index in [4.69, 9.17) is 5.73 Å². The Bertz CT molecular complexity index is 865. The quantitative estimate of drug-likeness (QED) is 0.633. The van der Waals surface area contributed by atoms with E-state index in [1.807, 2.05) is 30.3 Å². The van der Waals surface area contributed by atoms with Crippen LogP contribution in [0.25, 0.3) is 0 Å². The zero-order chi connectivity index (χ0) is 18.7. The van der Waals surface area contributed by atoms with Crippen LogP contribution in [0.1, 0.15) is 11.5 Å². The Kier molecular flexibility index (Phi) is 5.13. The molecule has 0 spiro atoms. The van der Waals surface area contributed by atoms with Crippen molar-refractivity contribution in [1.29, 1.82) is 0 Å². The predicted octanol–water partition coefficient (Wildman–Crippen LogP) is 0.957. The number of nitro groups is 1. The number of carbonyl (C=O) groups is 1. The Hall–Kier alpha value is -3.00. The molecule has 1 saturated heterocycles. The predicted molar refractivity (Wildman–Crippen MR) is 95.7 cm³/mol. The zero-order valence-electron chi connectivity index (χ0n) is 14.2. The van der Waals surface area contributed by atoms with Crippen molar-refractivity contribution in [2.75, 3.05) is 19.6 Å². The van der Waals surface area contributed by atoms with Crippen LogP contribution < -0.4 is 11.3 Å². The van der Waals surface area contributed by atoms with Crippen LogP contribution in [-0.4, -0.2) is 39.9 Å². The smallest absolute Gasteiger partial charge is 0.285 e. The molecule has 1 aromatic carbocycles. The molecule has 1 amide bonds. The van der Waals surface area contributed by atoms with E-state index in [1.54, 1.807) is 4.90 Å². The van der Waals surface area contributed by atoms with Crippen molar-refractivity contribution >= 4 is 11.6 Å². The summed E-state index contributed by atoms with van der Waals surface area (Å²) in [5, 5.41) is 10.9. The minimum Gasteiger partial charge on any atom is -0.340 e. The van der Waals surface area contributed by atoms with E-state index in [-0.39, 0.29) is 30.0 Å². The molecule has 2 aromatic rings. The van der Waals surface area contributed by atoms with Gasteiger partial charge in [-0.3, -0.25) is 24.3 Å². The average molecular weight is 356 g/mol. The normalized spacial score (nSPS) is 19.5. The van der Waals surface area contributed by atoms with Gasteiger partial charge in [-0.2, -0.15) is 0 Å². The summed E-state index contributed by atoms with van der Waals surface area (Å²) in [6.45, 7) is 1.27. The topological polar surface area (TPSA) is 111 Å². The molecule has 0 radical (unpaired) electrons. The van der Waals surface area contributed by atoms with Gasteiger partial charge in [-0.05, 0) is 18.0 Å². The molecule has 0 aliphatic carbocycles. The summed E-state index contributed by atoms with van der Waals surface area (Å²) in [6.07, 6.45) is 1.10. The lowest BCUT2D eigenvalue weighted by Crippen LogP contribution is -2.35. The summed E-state index contributed by atoms with van der Waals surface area (Å²) in [4.78, 5) is 36.5. The fraction of sp³-hybridized carbons (Fsp3) is 0.333. The molecule has 8 heteroatoms. The maximum absolute atomic E-state index is 12.6. The van der Waals surface area contributed by atoms with Crippen LogP contribution in [0.3, 0.4) is 0 Å². The lowest BCUT2D eigenvalue weighted by molar-refractivity contribution is -0.385. The highest BCUT2D eigenvalue weighted by atomic mass is 16.6. The first kappa shape index (κ1) is 17.8. The molecule has 2 N–H and O–H groups in total. The molecule has 1 aliphatic rings. The average Bonchev–Trinajstić information content (AvgIpc) is 3.08. The van der Waals surface area contributed by atoms with Crippen molar-refractivity contribution < 1.29 is 9.72 Å². The first-order valence-corrected chi connectivity index (χ1v) is 8.37. The molecule has 0 bridgehead atoms. The van der Waals surface area contributed by atoms with Gasteiger partial charge >= 0.3 is 0 Å². The summed E-state index contributed by atoms with van der Waals surface area (Å²) in [7, 11) is 0. The van der Waals surface area contributed by atoms with Crippen LogP contribution in [0.2, 0.25) is 0 Å². The van der Waals surface area contributed by atoms with Crippen molar-refractivity contribution in [2.45, 2.75) is 12.5 Å². The summed E-state index contributed by atoms with van der Waals surface area (Å²) in [6, 6.07) is 12.1. The number of hydrogen-bond donors (Lipinski definition) is 1. The maximum atomic E-state index is 12.6. The van der Waals surface area contributed by atoms with Crippen LogP contribution in [0, 0.1) is 16.0 Å². The largest absolute Gasteiger partial charge is 0.340 e. The van der Waals surface area contributed by atoms with E-state index in [9.17, 15) is 19.7 Å². The van der Waals surface area contributed by atoms with Gasteiger partial charge in [0.05, 0.1) is 11.1 Å². The number of benzene rings is 1. The molecule has 0 saturated carbocycles. The summed E-state index contributed by atoms with van der Waals surface area (Å²) in [5.41, 5.74) is 6.35. The third kappa shape index (κ3) is 3.65. The highest BCUT2D eigenvalue weighted by molar-refractivity contribution is 5.76. The van der Waals surface area contributed by atoms with Crippen molar-refractivity contribution in [3.05, 3.63) is 74.7 Å². The Morgan fingerprint density at radius 1 is 1.19 bits per heavy atom. The first-order chi connectivity index (χ1) is 12.5. The molecule has 1 fully saturated rings. The minimum absolute atomic E-state index is 0.142. The lowest BCUT2D eigenvalue weighted by Gasteiger charge is -2.17. The molecule has 26 heavy (non-hydrogen) atoms. The fourth-order valence-electron chi connectivity index (χ4n) is 3.39. The molecular weight excluding hydrogens is 336 g/mol. The van der Waals surface area contributed by atoms with E-state index >= 15 is 0 Å². The van der Waals surface area contributed by atoms with Gasteiger partial charge in [0.1, 0.15) is 6.54 Å². The van der Waals surface area contributed by atoms with Crippen molar-refractivity contribution in [3.8, 4) is 0 Å². The van der Waals surface area contributed by atoms with Gasteiger partial charge in [0, 0.05) is 31.1 Å². The van der Waals surface area contributed by atoms with Crippen LogP contribution in [0.4, 0.5) is 5.69 Å². The van der Waals surface area contributed by atoms with Crippen molar-refractivity contribution in [2.24, 2.45) is 11.7 Å². The Balaban J connectivity index is 1.76. The molecule has 8 nitrogen and oxygen atoms in total. The van der Waals surface area contributed by atoms with E-state index in [2.05, 4.69) is 0 Å². The summed E-state index contributed by atoms with van der Waals surface area (Å²) in [5.74, 6) is 0.0413. The number of hydrogen-bond acceptors (Lipinski definition) is 5. The molecule has 1 aliphatic heterocycles. The van der Waals surface area contributed by atoms with Gasteiger partial charge in [-0.25, -0.2) is 0 Å². The maximum Gasteiger partial charge on any atom is 0.285 e. The van der Waals surface area contributed by atoms with E-state index in [1.165, 1.54) is 0 Å². The van der Waals surface area contributed by atoms with E-state index in [0.29, 0.717) is 19.6 Å². The van der Waals surface area contributed by atoms with Gasteiger partial charge < -0.3 is 10.6 Å². The number of nitrogens with zero attached hydrogens (tertiary/aromatic N) is 3. The zero-order valence-corrected chi connectivity index (χ0v) is 14.2. The molecule has 1 aromatic heterocycles. The number of likely N-dealkylation sites (tertiary alicyclic amines) is 1. The lowest BCUT2D eigenvalue weighted by atomic mass is 9.89. The Morgan fingerprint density at radius 2 is 1.92 bits per heavy atom. The van der Waals surface area contributed by atoms with E-state index < -0.39 is 10.5 Å². The number of carbonyl (C=O) groups excluding carboxylic acids is 1. The minimum atomic E-state index is -0.591. The molecule has 136 valence electrons. The Labute approximate surface area is 150 Å². The number of aromatic nitrogens is 1. The highest BCUT2D eigenvalue weighted by Crippen LogP contribution is 2.32. The summed E-state index contributed by atoms with van der Waals surface area (Å²) >= 11 is 0. The third-order valence-electron chi connectivity index (χ3n) is 4.81. The fourth-order valence-corrected chi connectivity index (χ4v) is 3.39. The second-order valence-corrected chi connectivity index (χ2v) is 6.42. The van der Waals surface area contributed by atoms with Gasteiger partial charge in [0.15, 0.2) is 0 Å². The number of pyridine rings is 1. The molecule has 2 heterocycles. The first-order valence-electron chi connectivity index (χ1n) is 8.37. The monoisotopic (exact) mass is 356 g/mol. The molecular formula is C18H20N4O4. The van der Waals surface area contributed by atoms with Gasteiger partial charge in [0.25, 0.3) is 11.2 Å². The van der Waals surface area contributed by atoms with Crippen LogP contribution in [0.5, 0.6) is 0 Å². The van der Waals surface area contributed by atoms with Gasteiger partial charge in [-0.15, -0.1) is 0 Å². The molecule has 0 unspecified atom stereocenters. The summed E-state index contributed by atoms with van der Waals surface area (Å²) < 4.78 is 1.08. The standard InChI is InChI=1S/C18H20N4O4/c19-8-14-9-20(11-16(14)13-4-2-1-3-5-13)18(24)12-21-10-15(22(25)26)6-7-17(21)23/h1-7,10,14,16H,8-9,11-12,19H2/t14-,16+/m1/s1. The van der Waals surface area contributed by atoms with Gasteiger partial charge in [-0.1, -0.05) is 30.3 Å². The van der Waals surface area contributed by atoms with Gasteiger partial charge in [0.2, 0.25) is 5.91 Å². The highest BCUT2D eigenvalue weighted by Gasteiger charge is 2.35. The van der Waals surface area contributed by atoms with E-state index in [0.717, 1.165) is 28.5 Å². The van der Waals surface area contributed by atoms with Crippen molar-refractivity contribution in [3.63, 3.8) is 0 Å². The molecule has 3 rings (SSSR count). The number of rotatable bonds is 5. The second-order valence-electron chi connectivity index (χ2n) is 6.42. The van der Waals surface area contributed by atoms with Crippen molar-refractivity contribution in [1.82, 2.24) is 9.47 Å².